The first-order valence-corrected chi connectivity index (χ1v) is 6.61. The fraction of sp³-hybridized carbons (Fsp3) is 0.400. The Hall–Kier alpha value is -1.61. The number of nitrogens with zero attached hydrogens (tertiary/aromatic N) is 2. The molecule has 0 amide bonds. The summed E-state index contributed by atoms with van der Waals surface area (Å²) in [5.41, 5.74) is 4.37. The molecule has 0 fully saturated rings. The van der Waals surface area contributed by atoms with Crippen molar-refractivity contribution in [3.63, 3.8) is 0 Å². The Morgan fingerprint density at radius 2 is 2.39 bits per heavy atom. The first-order chi connectivity index (χ1) is 8.83. The number of rotatable bonds is 4. The molecule has 1 unspecified atom stereocenters. The van der Waals surface area contributed by atoms with Gasteiger partial charge in [-0.2, -0.15) is 0 Å². The third-order valence-corrected chi connectivity index (χ3v) is 3.70. The summed E-state index contributed by atoms with van der Waals surface area (Å²) in [5.74, 6) is 0. The van der Waals surface area contributed by atoms with Gasteiger partial charge in [0.1, 0.15) is 0 Å². The van der Waals surface area contributed by atoms with Gasteiger partial charge >= 0.3 is 0 Å². The van der Waals surface area contributed by atoms with Crippen molar-refractivity contribution >= 4 is 0 Å². The third kappa shape index (κ3) is 2.31. The number of hydrogen-bond donors (Lipinski definition) is 1. The van der Waals surface area contributed by atoms with Gasteiger partial charge < -0.3 is 9.88 Å². The Kier molecular flexibility index (Phi) is 3.15. The van der Waals surface area contributed by atoms with Crippen LogP contribution in [-0.2, 0) is 13.0 Å². The van der Waals surface area contributed by atoms with Crippen LogP contribution in [0.3, 0.4) is 0 Å². The summed E-state index contributed by atoms with van der Waals surface area (Å²) >= 11 is 0. The minimum Gasteiger partial charge on any atom is -0.336 e. The predicted molar refractivity (Wildman–Crippen MR) is 72.5 cm³/mol. The lowest BCUT2D eigenvalue weighted by Crippen LogP contribution is -2.23. The van der Waals surface area contributed by atoms with E-state index in [-0.39, 0.29) is 0 Å². The molecule has 3 nitrogen and oxygen atoms in total. The Labute approximate surface area is 108 Å². The topological polar surface area (TPSA) is 29.9 Å². The summed E-state index contributed by atoms with van der Waals surface area (Å²) in [6.45, 7) is 4.15. The zero-order valence-corrected chi connectivity index (χ0v) is 10.8. The molecule has 0 spiro atoms. The van der Waals surface area contributed by atoms with Crippen LogP contribution in [0.25, 0.3) is 0 Å². The van der Waals surface area contributed by atoms with E-state index in [1.165, 1.54) is 29.5 Å². The van der Waals surface area contributed by atoms with Gasteiger partial charge in [-0.25, -0.2) is 4.98 Å². The summed E-state index contributed by atoms with van der Waals surface area (Å²) in [7, 11) is 0. The molecule has 0 bridgehead atoms. The number of aromatic nitrogens is 2. The van der Waals surface area contributed by atoms with Crippen LogP contribution >= 0.6 is 0 Å². The van der Waals surface area contributed by atoms with Gasteiger partial charge in [0.25, 0.3) is 0 Å². The van der Waals surface area contributed by atoms with Crippen LogP contribution < -0.4 is 5.32 Å². The Morgan fingerprint density at radius 1 is 1.44 bits per heavy atom. The van der Waals surface area contributed by atoms with Gasteiger partial charge in [-0.05, 0) is 30.9 Å². The summed E-state index contributed by atoms with van der Waals surface area (Å²) in [4.78, 5) is 4.06. The molecule has 3 rings (SSSR count). The van der Waals surface area contributed by atoms with Gasteiger partial charge in [0, 0.05) is 31.5 Å². The Balaban J connectivity index is 1.61. The van der Waals surface area contributed by atoms with E-state index in [9.17, 15) is 0 Å². The van der Waals surface area contributed by atoms with Crippen LogP contribution in [0.1, 0.15) is 29.2 Å². The van der Waals surface area contributed by atoms with Crippen LogP contribution in [0.4, 0.5) is 0 Å². The van der Waals surface area contributed by atoms with Crippen molar-refractivity contribution in [2.45, 2.75) is 32.4 Å². The zero-order valence-electron chi connectivity index (χ0n) is 10.8. The van der Waals surface area contributed by atoms with E-state index in [0.717, 1.165) is 13.1 Å². The molecule has 0 saturated heterocycles. The van der Waals surface area contributed by atoms with E-state index in [0.29, 0.717) is 6.04 Å². The number of hydrogen-bond acceptors (Lipinski definition) is 2. The van der Waals surface area contributed by atoms with Crippen LogP contribution in [0.2, 0.25) is 0 Å². The molecule has 1 aromatic heterocycles. The smallest absolute Gasteiger partial charge is 0.0946 e. The standard InChI is InChI=1S/C15H19N3/c1-12-2-3-13-4-5-15(14(13)10-12)17-7-9-18-8-6-16-11-18/h2-3,6,8,10-11,15,17H,4-5,7,9H2,1H3. The molecule has 1 aromatic carbocycles. The van der Waals surface area contributed by atoms with Crippen molar-refractivity contribution in [1.82, 2.24) is 14.9 Å². The Morgan fingerprint density at radius 3 is 3.22 bits per heavy atom. The highest BCUT2D eigenvalue weighted by atomic mass is 15.0. The maximum atomic E-state index is 4.06. The summed E-state index contributed by atoms with van der Waals surface area (Å²) in [6.07, 6.45) is 8.14. The van der Waals surface area contributed by atoms with Crippen molar-refractivity contribution in [3.8, 4) is 0 Å². The second kappa shape index (κ2) is 4.94. The molecule has 1 heterocycles. The lowest BCUT2D eigenvalue weighted by molar-refractivity contribution is 0.501. The van der Waals surface area contributed by atoms with E-state index in [2.05, 4.69) is 40.0 Å². The predicted octanol–water partition coefficient (Wildman–Crippen LogP) is 2.47. The number of imidazole rings is 1. The second-order valence-electron chi connectivity index (χ2n) is 5.05. The van der Waals surface area contributed by atoms with E-state index in [4.69, 9.17) is 0 Å². The molecule has 0 radical (unpaired) electrons. The van der Waals surface area contributed by atoms with Crippen LogP contribution in [0.15, 0.2) is 36.9 Å². The minimum atomic E-state index is 0.531. The molecule has 1 N–H and O–H groups in total. The molecule has 1 aliphatic rings. The highest BCUT2D eigenvalue weighted by Gasteiger charge is 2.21. The molecular formula is C15H19N3. The first kappa shape index (κ1) is 11.5. The monoisotopic (exact) mass is 241 g/mol. The highest BCUT2D eigenvalue weighted by molar-refractivity contribution is 5.37. The van der Waals surface area contributed by atoms with Gasteiger partial charge in [-0.3, -0.25) is 0 Å². The van der Waals surface area contributed by atoms with Crippen molar-refractivity contribution < 1.29 is 0 Å². The van der Waals surface area contributed by atoms with E-state index >= 15 is 0 Å². The quantitative estimate of drug-likeness (QED) is 0.891. The highest BCUT2D eigenvalue weighted by Crippen LogP contribution is 2.31. The van der Waals surface area contributed by atoms with Gasteiger partial charge in [-0.1, -0.05) is 23.8 Å². The lowest BCUT2D eigenvalue weighted by atomic mass is 10.1. The molecule has 1 aliphatic carbocycles. The number of nitrogens with one attached hydrogen (secondary N) is 1. The zero-order chi connectivity index (χ0) is 12.4. The lowest BCUT2D eigenvalue weighted by Gasteiger charge is -2.14. The maximum Gasteiger partial charge on any atom is 0.0946 e. The van der Waals surface area contributed by atoms with Crippen molar-refractivity contribution in [2.24, 2.45) is 0 Å². The molecular weight excluding hydrogens is 222 g/mol. The normalized spacial score (nSPS) is 17.9. The molecule has 3 heteroatoms. The SMILES string of the molecule is Cc1ccc2c(c1)C(NCCn1ccnc1)CC2. The average Bonchev–Trinajstić information content (AvgIpc) is 2.99. The molecule has 94 valence electrons. The molecule has 18 heavy (non-hydrogen) atoms. The minimum absolute atomic E-state index is 0.531. The van der Waals surface area contributed by atoms with Crippen LogP contribution in [0.5, 0.6) is 0 Å². The fourth-order valence-electron chi connectivity index (χ4n) is 2.72. The Bertz CT molecular complexity index is 517. The molecule has 1 atom stereocenters. The molecule has 0 saturated carbocycles. The van der Waals surface area contributed by atoms with Crippen molar-refractivity contribution in [2.75, 3.05) is 6.54 Å². The van der Waals surface area contributed by atoms with E-state index in [1.54, 1.807) is 0 Å². The van der Waals surface area contributed by atoms with Crippen LogP contribution in [0, 0.1) is 6.92 Å². The largest absolute Gasteiger partial charge is 0.336 e. The molecule has 0 aliphatic heterocycles. The van der Waals surface area contributed by atoms with E-state index < -0.39 is 0 Å². The van der Waals surface area contributed by atoms with Gasteiger partial charge in [0.2, 0.25) is 0 Å². The van der Waals surface area contributed by atoms with Crippen molar-refractivity contribution in [1.29, 1.82) is 0 Å². The summed E-state index contributed by atoms with van der Waals surface area (Å²) in [6, 6.07) is 7.36. The number of benzene rings is 1. The molecule has 2 aromatic rings. The number of aryl methyl sites for hydroxylation is 2. The first-order valence-electron chi connectivity index (χ1n) is 6.61. The van der Waals surface area contributed by atoms with E-state index in [1.807, 2.05) is 18.7 Å². The summed E-state index contributed by atoms with van der Waals surface area (Å²) < 4.78 is 2.11. The van der Waals surface area contributed by atoms with Gasteiger partial charge in [0.15, 0.2) is 0 Å². The fourth-order valence-corrected chi connectivity index (χ4v) is 2.72. The number of fused-ring (bicyclic) bond motifs is 1. The average molecular weight is 241 g/mol. The van der Waals surface area contributed by atoms with Gasteiger partial charge in [0.05, 0.1) is 6.33 Å². The van der Waals surface area contributed by atoms with Crippen LogP contribution in [-0.4, -0.2) is 16.1 Å². The maximum absolute atomic E-state index is 4.06. The third-order valence-electron chi connectivity index (χ3n) is 3.70. The second-order valence-corrected chi connectivity index (χ2v) is 5.05. The summed E-state index contributed by atoms with van der Waals surface area (Å²) in [5, 5.41) is 3.65. The van der Waals surface area contributed by atoms with Crippen molar-refractivity contribution in [3.05, 3.63) is 53.6 Å². The van der Waals surface area contributed by atoms with Gasteiger partial charge in [-0.15, -0.1) is 0 Å².